The van der Waals surface area contributed by atoms with Gasteiger partial charge >= 0.3 is 5.69 Å². The molecule has 0 radical (unpaired) electrons. The van der Waals surface area contributed by atoms with Gasteiger partial charge in [0.25, 0.3) is 5.91 Å². The molecule has 94 valence electrons. The summed E-state index contributed by atoms with van der Waals surface area (Å²) < 4.78 is 1.37. The van der Waals surface area contributed by atoms with Crippen LogP contribution in [0, 0.1) is 0 Å². The van der Waals surface area contributed by atoms with Crippen molar-refractivity contribution in [3.05, 3.63) is 49.8 Å². The molecule has 6 nitrogen and oxygen atoms in total. The van der Waals surface area contributed by atoms with Crippen LogP contribution < -0.4 is 17.0 Å². The van der Waals surface area contributed by atoms with Gasteiger partial charge in [-0.25, -0.2) is 15.6 Å². The van der Waals surface area contributed by atoms with Crippen LogP contribution in [0.2, 0.25) is 5.02 Å². The molecule has 0 fully saturated rings. The SMILES string of the molecule is NNC(=O)c1ccc(Cn2cc(Cl)cnc2=O)s1. The number of hydrogen-bond acceptors (Lipinski definition) is 5. The van der Waals surface area contributed by atoms with Crippen LogP contribution in [0.5, 0.6) is 0 Å². The standard InChI is InChI=1S/C10H9ClN4O2S/c11-6-3-13-10(17)15(4-6)5-7-1-2-8(18-7)9(16)14-12/h1-4H,5,12H2,(H,14,16). The van der Waals surface area contributed by atoms with Gasteiger partial charge in [0.15, 0.2) is 0 Å². The largest absolute Gasteiger partial charge is 0.347 e. The Bertz CT molecular complexity index is 637. The van der Waals surface area contributed by atoms with Gasteiger partial charge < -0.3 is 0 Å². The van der Waals surface area contributed by atoms with Crippen LogP contribution in [-0.2, 0) is 6.54 Å². The quantitative estimate of drug-likeness (QED) is 0.491. The van der Waals surface area contributed by atoms with Crippen LogP contribution in [0.3, 0.4) is 0 Å². The third-order valence-corrected chi connectivity index (χ3v) is 3.43. The van der Waals surface area contributed by atoms with Crippen LogP contribution in [0.15, 0.2) is 29.3 Å². The molecule has 2 aromatic heterocycles. The topological polar surface area (TPSA) is 90.0 Å². The van der Waals surface area contributed by atoms with Crippen molar-refractivity contribution in [2.45, 2.75) is 6.54 Å². The molecule has 3 N–H and O–H groups in total. The monoisotopic (exact) mass is 284 g/mol. The maximum Gasteiger partial charge on any atom is 0.347 e. The minimum atomic E-state index is -0.391. The first-order valence-electron chi connectivity index (χ1n) is 4.92. The smallest absolute Gasteiger partial charge is 0.292 e. The summed E-state index contributed by atoms with van der Waals surface area (Å²) in [7, 11) is 0. The molecule has 2 aromatic rings. The van der Waals surface area contributed by atoms with E-state index in [9.17, 15) is 9.59 Å². The van der Waals surface area contributed by atoms with Crippen molar-refractivity contribution in [1.82, 2.24) is 15.0 Å². The Balaban J connectivity index is 2.24. The first kappa shape index (κ1) is 12.7. The number of nitrogens with zero attached hydrogens (tertiary/aromatic N) is 2. The van der Waals surface area contributed by atoms with Crippen LogP contribution >= 0.6 is 22.9 Å². The van der Waals surface area contributed by atoms with E-state index < -0.39 is 5.69 Å². The molecule has 0 aliphatic rings. The Morgan fingerprint density at radius 1 is 1.56 bits per heavy atom. The molecule has 2 heterocycles. The minimum Gasteiger partial charge on any atom is -0.292 e. The molecule has 0 aliphatic heterocycles. The molecule has 0 unspecified atom stereocenters. The third kappa shape index (κ3) is 2.76. The highest BCUT2D eigenvalue weighted by Gasteiger charge is 2.08. The molecule has 0 aliphatic carbocycles. The van der Waals surface area contributed by atoms with Gasteiger partial charge in [0.1, 0.15) is 0 Å². The highest BCUT2D eigenvalue weighted by atomic mass is 35.5. The normalized spacial score (nSPS) is 10.3. The molecule has 0 aromatic carbocycles. The number of carbonyl (C=O) groups is 1. The van der Waals surface area contributed by atoms with Gasteiger partial charge in [0.2, 0.25) is 0 Å². The number of nitrogen functional groups attached to an aromatic ring is 1. The molecular weight excluding hydrogens is 276 g/mol. The summed E-state index contributed by atoms with van der Waals surface area (Å²) >= 11 is 7.01. The van der Waals surface area contributed by atoms with E-state index in [2.05, 4.69) is 4.98 Å². The van der Waals surface area contributed by atoms with Gasteiger partial charge in [0, 0.05) is 11.1 Å². The number of rotatable bonds is 3. The maximum absolute atomic E-state index is 11.5. The molecule has 0 spiro atoms. The lowest BCUT2D eigenvalue weighted by atomic mass is 10.4. The fourth-order valence-electron chi connectivity index (χ4n) is 1.37. The molecule has 0 saturated heterocycles. The van der Waals surface area contributed by atoms with Crippen LogP contribution in [0.1, 0.15) is 14.5 Å². The van der Waals surface area contributed by atoms with Gasteiger partial charge in [-0.1, -0.05) is 11.6 Å². The molecule has 0 saturated carbocycles. The van der Waals surface area contributed by atoms with Gasteiger partial charge in [0.05, 0.1) is 22.6 Å². The van der Waals surface area contributed by atoms with E-state index in [-0.39, 0.29) is 5.91 Å². The zero-order valence-corrected chi connectivity index (χ0v) is 10.7. The summed E-state index contributed by atoms with van der Waals surface area (Å²) in [6.07, 6.45) is 2.79. The Labute approximate surface area is 111 Å². The lowest BCUT2D eigenvalue weighted by molar-refractivity contribution is 0.0957. The number of amides is 1. The van der Waals surface area contributed by atoms with Crippen molar-refractivity contribution in [2.75, 3.05) is 0 Å². The van der Waals surface area contributed by atoms with E-state index in [0.717, 1.165) is 4.88 Å². The van der Waals surface area contributed by atoms with Crippen molar-refractivity contribution in [2.24, 2.45) is 5.84 Å². The molecular formula is C10H9ClN4O2S. The summed E-state index contributed by atoms with van der Waals surface area (Å²) in [4.78, 5) is 27.7. The Morgan fingerprint density at radius 3 is 3.06 bits per heavy atom. The number of halogens is 1. The van der Waals surface area contributed by atoms with Crippen LogP contribution in [-0.4, -0.2) is 15.5 Å². The van der Waals surface area contributed by atoms with Gasteiger partial charge in [-0.05, 0) is 12.1 Å². The lowest BCUT2D eigenvalue weighted by Crippen LogP contribution is -2.29. The van der Waals surface area contributed by atoms with Crippen molar-refractivity contribution in [1.29, 1.82) is 0 Å². The predicted octanol–water partition coefficient (Wildman–Crippen LogP) is 0.610. The summed E-state index contributed by atoms with van der Waals surface area (Å²) in [5.74, 6) is 4.68. The van der Waals surface area contributed by atoms with Crippen molar-refractivity contribution in [3.8, 4) is 0 Å². The predicted molar refractivity (Wildman–Crippen MR) is 68.6 cm³/mol. The summed E-state index contributed by atoms with van der Waals surface area (Å²) in [6.45, 7) is 0.314. The van der Waals surface area contributed by atoms with E-state index in [4.69, 9.17) is 17.4 Å². The lowest BCUT2D eigenvalue weighted by Gasteiger charge is -2.02. The molecule has 18 heavy (non-hydrogen) atoms. The fraction of sp³-hybridized carbons (Fsp3) is 0.100. The maximum atomic E-state index is 11.5. The van der Waals surface area contributed by atoms with Crippen LogP contribution in [0.25, 0.3) is 0 Å². The van der Waals surface area contributed by atoms with Crippen LogP contribution in [0.4, 0.5) is 0 Å². The number of aromatic nitrogens is 2. The van der Waals surface area contributed by atoms with E-state index in [0.29, 0.717) is 16.4 Å². The number of nitrogens with one attached hydrogen (secondary N) is 1. The van der Waals surface area contributed by atoms with Crippen molar-refractivity contribution in [3.63, 3.8) is 0 Å². The Morgan fingerprint density at radius 2 is 2.33 bits per heavy atom. The summed E-state index contributed by atoms with van der Waals surface area (Å²) in [6, 6.07) is 3.40. The fourth-order valence-corrected chi connectivity index (χ4v) is 2.44. The first-order chi connectivity index (χ1) is 8.60. The first-order valence-corrected chi connectivity index (χ1v) is 6.11. The molecule has 0 bridgehead atoms. The average Bonchev–Trinajstić information content (AvgIpc) is 2.81. The van der Waals surface area contributed by atoms with E-state index in [1.54, 1.807) is 12.1 Å². The number of hydrazine groups is 1. The van der Waals surface area contributed by atoms with Gasteiger partial charge in [-0.3, -0.25) is 14.8 Å². The average molecular weight is 285 g/mol. The second-order valence-corrected chi connectivity index (χ2v) is 5.03. The van der Waals surface area contributed by atoms with E-state index in [1.807, 2.05) is 5.43 Å². The number of thiophene rings is 1. The zero-order valence-electron chi connectivity index (χ0n) is 9.09. The second kappa shape index (κ2) is 5.30. The zero-order chi connectivity index (χ0) is 13.1. The van der Waals surface area contributed by atoms with E-state index >= 15 is 0 Å². The number of nitrogens with two attached hydrogens (primary N) is 1. The highest BCUT2D eigenvalue weighted by Crippen LogP contribution is 2.17. The molecule has 0 atom stereocenters. The minimum absolute atomic E-state index is 0.314. The summed E-state index contributed by atoms with van der Waals surface area (Å²) in [5.41, 5.74) is 1.66. The van der Waals surface area contributed by atoms with Gasteiger partial charge in [-0.2, -0.15) is 0 Å². The molecule has 2 rings (SSSR count). The van der Waals surface area contributed by atoms with Gasteiger partial charge in [-0.15, -0.1) is 11.3 Å². The third-order valence-electron chi connectivity index (χ3n) is 2.17. The Hall–Kier alpha value is -1.70. The number of hydrogen-bond donors (Lipinski definition) is 2. The number of carbonyl (C=O) groups excluding carboxylic acids is 1. The second-order valence-electron chi connectivity index (χ2n) is 3.42. The van der Waals surface area contributed by atoms with Crippen molar-refractivity contribution < 1.29 is 4.79 Å². The van der Waals surface area contributed by atoms with E-state index in [1.165, 1.54) is 28.3 Å². The molecule has 1 amide bonds. The van der Waals surface area contributed by atoms with Crippen molar-refractivity contribution >= 4 is 28.8 Å². The molecule has 8 heteroatoms. The Kier molecular flexibility index (Phi) is 3.75. The highest BCUT2D eigenvalue weighted by molar-refractivity contribution is 7.14. The summed E-state index contributed by atoms with van der Waals surface area (Å²) in [5, 5.41) is 0.381.